The molecule has 4 aromatic rings. The second-order valence-electron chi connectivity index (χ2n) is 6.83. The van der Waals surface area contributed by atoms with Crippen LogP contribution < -0.4 is 16.0 Å². The monoisotopic (exact) mass is 434 g/mol. The number of thiophene rings is 1. The summed E-state index contributed by atoms with van der Waals surface area (Å²) in [6.45, 7) is 2.95. The van der Waals surface area contributed by atoms with E-state index in [4.69, 9.17) is 0 Å². The van der Waals surface area contributed by atoms with Crippen molar-refractivity contribution >= 4 is 34.7 Å². The lowest BCUT2D eigenvalue weighted by atomic mass is 10.3. The fourth-order valence-corrected chi connectivity index (χ4v) is 3.62. The SMILES string of the molecule is Cc1ccnc(Nc2cc(NCCNC(=O)c3cc(-c4cccs4)nn3C)ncn2)c1. The molecule has 0 saturated heterocycles. The highest BCUT2D eigenvalue weighted by atomic mass is 32.1. The molecule has 10 heteroatoms. The van der Waals surface area contributed by atoms with E-state index in [9.17, 15) is 4.79 Å². The molecule has 0 aliphatic heterocycles. The zero-order valence-electron chi connectivity index (χ0n) is 17.2. The van der Waals surface area contributed by atoms with Crippen molar-refractivity contribution in [2.75, 3.05) is 23.7 Å². The van der Waals surface area contributed by atoms with Crippen LogP contribution in [0.15, 0.2) is 54.3 Å². The van der Waals surface area contributed by atoms with E-state index in [0.29, 0.717) is 30.4 Å². The second-order valence-corrected chi connectivity index (χ2v) is 7.78. The van der Waals surface area contributed by atoms with Crippen LogP contribution in [0, 0.1) is 6.92 Å². The van der Waals surface area contributed by atoms with Crippen molar-refractivity contribution in [1.82, 2.24) is 30.0 Å². The molecule has 0 aliphatic rings. The van der Waals surface area contributed by atoms with E-state index in [-0.39, 0.29) is 5.91 Å². The van der Waals surface area contributed by atoms with E-state index in [1.807, 2.05) is 36.6 Å². The molecule has 4 rings (SSSR count). The quantitative estimate of drug-likeness (QED) is 0.365. The summed E-state index contributed by atoms with van der Waals surface area (Å²) in [6, 6.07) is 11.4. The van der Waals surface area contributed by atoms with Crippen molar-refractivity contribution in [3.8, 4) is 10.6 Å². The van der Waals surface area contributed by atoms with Crippen LogP contribution in [0.2, 0.25) is 0 Å². The lowest BCUT2D eigenvalue weighted by molar-refractivity contribution is 0.0946. The van der Waals surface area contributed by atoms with Crippen LogP contribution in [0.25, 0.3) is 10.6 Å². The molecule has 0 atom stereocenters. The number of hydrogen-bond donors (Lipinski definition) is 3. The lowest BCUT2D eigenvalue weighted by Gasteiger charge is -2.09. The number of carbonyl (C=O) groups excluding carboxylic acids is 1. The Hall–Kier alpha value is -3.79. The van der Waals surface area contributed by atoms with Crippen molar-refractivity contribution in [2.24, 2.45) is 7.05 Å². The van der Waals surface area contributed by atoms with Crippen LogP contribution in [-0.4, -0.2) is 43.7 Å². The number of hydrogen-bond acceptors (Lipinski definition) is 8. The number of carbonyl (C=O) groups is 1. The largest absolute Gasteiger partial charge is 0.368 e. The van der Waals surface area contributed by atoms with Gasteiger partial charge in [0, 0.05) is 32.4 Å². The average molecular weight is 435 g/mol. The predicted octanol–water partition coefficient (Wildman–Crippen LogP) is 3.23. The van der Waals surface area contributed by atoms with Crippen LogP contribution in [0.5, 0.6) is 0 Å². The highest BCUT2D eigenvalue weighted by molar-refractivity contribution is 7.13. The minimum absolute atomic E-state index is 0.171. The topological polar surface area (TPSA) is 110 Å². The Balaban J connectivity index is 1.28. The molecule has 0 bridgehead atoms. The zero-order valence-corrected chi connectivity index (χ0v) is 18.0. The van der Waals surface area contributed by atoms with Gasteiger partial charge in [0.2, 0.25) is 0 Å². The maximum absolute atomic E-state index is 12.5. The summed E-state index contributed by atoms with van der Waals surface area (Å²) in [6.07, 6.45) is 3.22. The molecule has 0 unspecified atom stereocenters. The lowest BCUT2D eigenvalue weighted by Crippen LogP contribution is -2.30. The number of anilines is 3. The Morgan fingerprint density at radius 3 is 2.71 bits per heavy atom. The molecule has 0 fully saturated rings. The molecule has 4 aromatic heterocycles. The van der Waals surface area contributed by atoms with Crippen LogP contribution in [-0.2, 0) is 7.05 Å². The molecular formula is C21H22N8OS. The van der Waals surface area contributed by atoms with Crippen molar-refractivity contribution < 1.29 is 4.79 Å². The van der Waals surface area contributed by atoms with Gasteiger partial charge in [-0.25, -0.2) is 15.0 Å². The van der Waals surface area contributed by atoms with Crippen LogP contribution in [0.4, 0.5) is 17.5 Å². The third-order valence-electron chi connectivity index (χ3n) is 4.44. The summed E-state index contributed by atoms with van der Waals surface area (Å²) < 4.78 is 1.60. The fourth-order valence-electron chi connectivity index (χ4n) is 2.94. The van der Waals surface area contributed by atoms with Gasteiger partial charge in [0.15, 0.2) is 0 Å². The molecule has 1 amide bonds. The third-order valence-corrected chi connectivity index (χ3v) is 5.33. The highest BCUT2D eigenvalue weighted by Crippen LogP contribution is 2.23. The van der Waals surface area contributed by atoms with Crippen LogP contribution in [0.1, 0.15) is 16.1 Å². The molecule has 31 heavy (non-hydrogen) atoms. The second kappa shape index (κ2) is 9.35. The normalized spacial score (nSPS) is 10.6. The summed E-state index contributed by atoms with van der Waals surface area (Å²) in [7, 11) is 1.77. The Labute approximate surface area is 183 Å². The number of nitrogens with one attached hydrogen (secondary N) is 3. The molecule has 0 radical (unpaired) electrons. The first kappa shape index (κ1) is 20.5. The van der Waals surface area contributed by atoms with Crippen molar-refractivity contribution in [3.63, 3.8) is 0 Å². The molecule has 158 valence electrons. The van der Waals surface area contributed by atoms with Gasteiger partial charge in [-0.1, -0.05) is 6.07 Å². The Morgan fingerprint density at radius 2 is 1.90 bits per heavy atom. The van der Waals surface area contributed by atoms with E-state index < -0.39 is 0 Å². The van der Waals surface area contributed by atoms with Gasteiger partial charge in [0.25, 0.3) is 5.91 Å². The minimum Gasteiger partial charge on any atom is -0.368 e. The minimum atomic E-state index is -0.171. The van der Waals surface area contributed by atoms with E-state index in [1.54, 1.807) is 41.4 Å². The number of nitrogens with zero attached hydrogens (tertiary/aromatic N) is 5. The Bertz CT molecular complexity index is 1170. The van der Waals surface area contributed by atoms with Gasteiger partial charge in [0.05, 0.1) is 4.88 Å². The summed E-state index contributed by atoms with van der Waals surface area (Å²) in [4.78, 5) is 26.2. The number of amides is 1. The van der Waals surface area contributed by atoms with Gasteiger partial charge < -0.3 is 16.0 Å². The summed E-state index contributed by atoms with van der Waals surface area (Å²) in [5.74, 6) is 1.83. The third kappa shape index (κ3) is 5.23. The smallest absolute Gasteiger partial charge is 0.269 e. The number of aromatic nitrogens is 5. The first-order valence-electron chi connectivity index (χ1n) is 9.70. The van der Waals surface area contributed by atoms with E-state index in [1.165, 1.54) is 6.33 Å². The Morgan fingerprint density at radius 1 is 1.06 bits per heavy atom. The Kier molecular flexibility index (Phi) is 6.18. The molecule has 0 aromatic carbocycles. The van der Waals surface area contributed by atoms with Gasteiger partial charge >= 0.3 is 0 Å². The molecule has 4 heterocycles. The van der Waals surface area contributed by atoms with Gasteiger partial charge in [-0.3, -0.25) is 9.48 Å². The number of aryl methyl sites for hydroxylation is 2. The molecule has 0 aliphatic carbocycles. The van der Waals surface area contributed by atoms with Gasteiger partial charge in [-0.15, -0.1) is 11.3 Å². The highest BCUT2D eigenvalue weighted by Gasteiger charge is 2.14. The average Bonchev–Trinajstić information content (AvgIpc) is 3.41. The van der Waals surface area contributed by atoms with Gasteiger partial charge in [-0.05, 0) is 42.1 Å². The van der Waals surface area contributed by atoms with Gasteiger partial charge in [0.1, 0.15) is 35.2 Å². The maximum atomic E-state index is 12.5. The molecule has 0 spiro atoms. The van der Waals surface area contributed by atoms with Crippen LogP contribution in [0.3, 0.4) is 0 Å². The molecule has 9 nitrogen and oxygen atoms in total. The van der Waals surface area contributed by atoms with E-state index in [0.717, 1.165) is 22.0 Å². The number of pyridine rings is 1. The molecular weight excluding hydrogens is 412 g/mol. The fraction of sp³-hybridized carbons (Fsp3) is 0.190. The van der Waals surface area contributed by atoms with E-state index in [2.05, 4.69) is 36.0 Å². The van der Waals surface area contributed by atoms with Gasteiger partial charge in [-0.2, -0.15) is 5.10 Å². The molecule has 0 saturated carbocycles. The zero-order chi connectivity index (χ0) is 21.6. The first-order valence-corrected chi connectivity index (χ1v) is 10.6. The van der Waals surface area contributed by atoms with E-state index >= 15 is 0 Å². The first-order chi connectivity index (χ1) is 15.1. The standard InChI is InChI=1S/C21H22N8OS/c1-14-5-6-22-19(10-14)27-20-12-18(25-13-26-20)23-7-8-24-21(30)16-11-15(28-29(16)2)17-4-3-9-31-17/h3-6,9-13H,7-8H2,1-2H3,(H,24,30)(H2,22,23,25,26,27). The van der Waals surface area contributed by atoms with Crippen molar-refractivity contribution in [1.29, 1.82) is 0 Å². The molecule has 3 N–H and O–H groups in total. The van der Waals surface area contributed by atoms with Crippen molar-refractivity contribution in [2.45, 2.75) is 6.92 Å². The van der Waals surface area contributed by atoms with Crippen LogP contribution >= 0.6 is 11.3 Å². The predicted molar refractivity (Wildman–Crippen MR) is 122 cm³/mol. The summed E-state index contributed by atoms with van der Waals surface area (Å²) in [5.41, 5.74) is 2.42. The van der Waals surface area contributed by atoms with Crippen molar-refractivity contribution in [3.05, 3.63) is 65.6 Å². The summed E-state index contributed by atoms with van der Waals surface area (Å²) in [5, 5.41) is 15.6. The maximum Gasteiger partial charge on any atom is 0.269 e. The summed E-state index contributed by atoms with van der Waals surface area (Å²) >= 11 is 1.59. The number of rotatable bonds is 8.